The molecule has 1 rings (SSSR count). The zero-order chi connectivity index (χ0) is 9.95. The largest absolute Gasteiger partial charge is 0.470 e. The van der Waals surface area contributed by atoms with Gasteiger partial charge in [0, 0.05) is 0 Å². The molecule has 0 aromatic carbocycles. The van der Waals surface area contributed by atoms with Gasteiger partial charge in [-0.15, -0.1) is 0 Å². The van der Waals surface area contributed by atoms with Crippen LogP contribution in [0, 0.1) is 0 Å². The lowest BCUT2D eigenvalue weighted by Crippen LogP contribution is -2.35. The fourth-order valence-electron chi connectivity index (χ4n) is 1.62. The molecular weight excluding hydrogens is 195 g/mol. The fraction of sp³-hybridized carbons (Fsp3) is 0.857. The molecule has 0 unspecified atom stereocenters. The van der Waals surface area contributed by atoms with Crippen molar-refractivity contribution in [1.82, 2.24) is 0 Å². The highest BCUT2D eigenvalue weighted by Crippen LogP contribution is 2.45. The maximum absolute atomic E-state index is 10.7. The van der Waals surface area contributed by atoms with Gasteiger partial charge < -0.3 is 14.6 Å². The molecule has 6 heteroatoms. The Kier molecular flexibility index (Phi) is 3.24. The van der Waals surface area contributed by atoms with Crippen LogP contribution in [-0.4, -0.2) is 21.7 Å². The molecule has 13 heavy (non-hydrogen) atoms. The van der Waals surface area contributed by atoms with Crippen molar-refractivity contribution < 1.29 is 23.7 Å². The van der Waals surface area contributed by atoms with E-state index in [2.05, 4.69) is 4.52 Å². The van der Waals surface area contributed by atoms with E-state index in [1.807, 2.05) is 0 Å². The number of hydrogen-bond donors (Lipinski definition) is 2. The molecule has 1 aliphatic carbocycles. The Morgan fingerprint density at radius 2 is 1.77 bits per heavy atom. The molecule has 1 saturated carbocycles. The summed E-state index contributed by atoms with van der Waals surface area (Å²) in [6.07, 6.45) is 3.87. The number of phosphoric acid groups is 1. The quantitative estimate of drug-likeness (QED) is 0.533. The van der Waals surface area contributed by atoms with Crippen molar-refractivity contribution in [3.63, 3.8) is 0 Å². The Bertz CT molecular complexity index is 227. The maximum Gasteiger partial charge on any atom is 0.470 e. The molecule has 0 saturated heterocycles. The molecular formula is C7H13O5P. The highest BCUT2D eigenvalue weighted by molar-refractivity contribution is 7.46. The number of phosphoric ester groups is 1. The Labute approximate surface area is 76.3 Å². The third kappa shape index (κ3) is 3.19. The molecule has 0 aliphatic heterocycles. The van der Waals surface area contributed by atoms with Crippen LogP contribution < -0.4 is 0 Å². The van der Waals surface area contributed by atoms with Gasteiger partial charge in [0.15, 0.2) is 6.29 Å². The van der Waals surface area contributed by atoms with E-state index < -0.39 is 13.4 Å². The van der Waals surface area contributed by atoms with E-state index in [0.717, 1.165) is 19.3 Å². The Balaban J connectivity index is 2.68. The van der Waals surface area contributed by atoms with Crippen molar-refractivity contribution in [3.8, 4) is 0 Å². The molecule has 1 aliphatic rings. The van der Waals surface area contributed by atoms with Crippen LogP contribution in [-0.2, 0) is 13.9 Å². The second-order valence-electron chi connectivity index (χ2n) is 3.33. The second kappa shape index (κ2) is 3.88. The zero-order valence-electron chi connectivity index (χ0n) is 7.18. The topological polar surface area (TPSA) is 83.8 Å². The molecule has 76 valence electrons. The van der Waals surface area contributed by atoms with Gasteiger partial charge in [-0.2, -0.15) is 0 Å². The van der Waals surface area contributed by atoms with Gasteiger partial charge in [-0.1, -0.05) is 19.3 Å². The lowest BCUT2D eigenvalue weighted by molar-refractivity contribution is -0.125. The molecule has 1 fully saturated rings. The average Bonchev–Trinajstić information content (AvgIpc) is 2.03. The van der Waals surface area contributed by atoms with Crippen LogP contribution in [0.1, 0.15) is 32.1 Å². The van der Waals surface area contributed by atoms with Crippen molar-refractivity contribution in [2.45, 2.75) is 37.7 Å². The van der Waals surface area contributed by atoms with Crippen LogP contribution in [0.2, 0.25) is 0 Å². The summed E-state index contributed by atoms with van der Waals surface area (Å²) in [7, 11) is -4.55. The lowest BCUT2D eigenvalue weighted by Gasteiger charge is -2.31. The molecule has 0 aromatic rings. The predicted molar refractivity (Wildman–Crippen MR) is 45.0 cm³/mol. The van der Waals surface area contributed by atoms with Gasteiger partial charge in [0.25, 0.3) is 0 Å². The third-order valence-electron chi connectivity index (χ3n) is 2.22. The van der Waals surface area contributed by atoms with E-state index in [-0.39, 0.29) is 0 Å². The molecule has 0 spiro atoms. The zero-order valence-corrected chi connectivity index (χ0v) is 8.07. The molecule has 0 amide bonds. The average molecular weight is 208 g/mol. The van der Waals surface area contributed by atoms with Gasteiger partial charge in [-0.3, -0.25) is 4.52 Å². The minimum atomic E-state index is -4.55. The van der Waals surface area contributed by atoms with Crippen molar-refractivity contribution in [1.29, 1.82) is 0 Å². The van der Waals surface area contributed by atoms with Crippen molar-refractivity contribution >= 4 is 14.1 Å². The molecule has 0 radical (unpaired) electrons. The van der Waals surface area contributed by atoms with Crippen molar-refractivity contribution in [2.75, 3.05) is 0 Å². The number of carbonyl (C=O) groups excluding carboxylic acids is 1. The Morgan fingerprint density at radius 1 is 1.23 bits per heavy atom. The van der Waals surface area contributed by atoms with E-state index in [9.17, 15) is 9.36 Å². The summed E-state index contributed by atoms with van der Waals surface area (Å²) in [5.74, 6) is 0. The van der Waals surface area contributed by atoms with Crippen LogP contribution in [0.5, 0.6) is 0 Å². The Morgan fingerprint density at radius 3 is 2.15 bits per heavy atom. The summed E-state index contributed by atoms with van der Waals surface area (Å²) in [6.45, 7) is 0. The number of carbonyl (C=O) groups is 1. The van der Waals surface area contributed by atoms with E-state index in [1.54, 1.807) is 0 Å². The van der Waals surface area contributed by atoms with Gasteiger partial charge in [-0.05, 0) is 12.8 Å². The molecule has 0 atom stereocenters. The normalized spacial score (nSPS) is 22.6. The van der Waals surface area contributed by atoms with Crippen LogP contribution in [0.25, 0.3) is 0 Å². The van der Waals surface area contributed by atoms with Gasteiger partial charge in [0.1, 0.15) is 5.60 Å². The summed E-state index contributed by atoms with van der Waals surface area (Å²) < 4.78 is 15.1. The SMILES string of the molecule is O=CC1(OP(=O)(O)O)CCCCC1. The third-order valence-corrected chi connectivity index (χ3v) is 2.82. The molecule has 0 heterocycles. The smallest absolute Gasteiger partial charge is 0.303 e. The monoisotopic (exact) mass is 208 g/mol. The van der Waals surface area contributed by atoms with Crippen LogP contribution >= 0.6 is 7.82 Å². The lowest BCUT2D eigenvalue weighted by atomic mass is 9.86. The fourth-order valence-corrected chi connectivity index (χ4v) is 2.32. The minimum absolute atomic E-state index is 0.404. The van der Waals surface area contributed by atoms with Gasteiger partial charge in [0.2, 0.25) is 0 Å². The van der Waals surface area contributed by atoms with Crippen LogP contribution in [0.3, 0.4) is 0 Å². The first-order valence-corrected chi connectivity index (χ1v) is 5.73. The van der Waals surface area contributed by atoms with E-state index in [0.29, 0.717) is 19.1 Å². The number of aldehydes is 1. The van der Waals surface area contributed by atoms with Crippen molar-refractivity contribution in [3.05, 3.63) is 0 Å². The Hall–Kier alpha value is -0.220. The van der Waals surface area contributed by atoms with Gasteiger partial charge >= 0.3 is 7.82 Å². The first-order chi connectivity index (χ1) is 5.97. The summed E-state index contributed by atoms with van der Waals surface area (Å²) >= 11 is 0. The number of rotatable bonds is 3. The van der Waals surface area contributed by atoms with Crippen LogP contribution in [0.4, 0.5) is 0 Å². The minimum Gasteiger partial charge on any atom is -0.303 e. The first kappa shape index (κ1) is 10.9. The number of hydrogen-bond acceptors (Lipinski definition) is 3. The highest BCUT2D eigenvalue weighted by Gasteiger charge is 2.38. The van der Waals surface area contributed by atoms with Crippen molar-refractivity contribution in [2.24, 2.45) is 0 Å². The van der Waals surface area contributed by atoms with Gasteiger partial charge in [0.05, 0.1) is 0 Å². The summed E-state index contributed by atoms with van der Waals surface area (Å²) in [5, 5.41) is 0. The van der Waals surface area contributed by atoms with E-state index in [1.165, 1.54) is 0 Å². The van der Waals surface area contributed by atoms with E-state index in [4.69, 9.17) is 9.79 Å². The molecule has 5 nitrogen and oxygen atoms in total. The standard InChI is InChI=1S/C7H13O5P/c8-6-7(12-13(9,10)11)4-2-1-3-5-7/h6H,1-5H2,(H2,9,10,11). The molecule has 0 aromatic heterocycles. The first-order valence-electron chi connectivity index (χ1n) is 4.20. The van der Waals surface area contributed by atoms with Crippen LogP contribution in [0.15, 0.2) is 0 Å². The highest BCUT2D eigenvalue weighted by atomic mass is 31.2. The summed E-state index contributed by atoms with van der Waals surface area (Å²) in [4.78, 5) is 27.9. The van der Waals surface area contributed by atoms with E-state index >= 15 is 0 Å². The summed E-state index contributed by atoms with van der Waals surface area (Å²) in [5.41, 5.74) is -1.24. The summed E-state index contributed by atoms with van der Waals surface area (Å²) in [6, 6.07) is 0. The molecule has 2 N–H and O–H groups in total. The maximum atomic E-state index is 10.7. The van der Waals surface area contributed by atoms with Gasteiger partial charge in [-0.25, -0.2) is 4.57 Å². The predicted octanol–water partition coefficient (Wildman–Crippen LogP) is 0.997. The second-order valence-corrected chi connectivity index (χ2v) is 4.49. The molecule has 0 bridgehead atoms.